The van der Waals surface area contributed by atoms with Crippen LogP contribution in [0.4, 0.5) is 4.39 Å². The van der Waals surface area contributed by atoms with Crippen molar-refractivity contribution >= 4 is 29.1 Å². The van der Waals surface area contributed by atoms with E-state index in [9.17, 15) is 23.9 Å². The van der Waals surface area contributed by atoms with Gasteiger partial charge in [0.05, 0.1) is 6.10 Å². The molecule has 0 saturated heterocycles. The molecule has 7 heteroatoms. The molecule has 0 aliphatic heterocycles. The topological polar surface area (TPSA) is 80.7 Å². The molecule has 170 valence electrons. The van der Waals surface area contributed by atoms with E-state index in [4.69, 9.17) is 16.3 Å². The van der Waals surface area contributed by atoms with Crippen molar-refractivity contribution in [3.05, 3.63) is 23.8 Å². The summed E-state index contributed by atoms with van der Waals surface area (Å²) in [5.41, 5.74) is -2.09. The molecule has 4 aliphatic carbocycles. The number of aliphatic hydroxyl groups is 1. The molecule has 8 atom stereocenters. The van der Waals surface area contributed by atoms with E-state index in [1.54, 1.807) is 19.1 Å². The summed E-state index contributed by atoms with van der Waals surface area (Å²) in [5.74, 6) is -1.88. The predicted octanol–water partition coefficient (Wildman–Crippen LogP) is 3.71. The van der Waals surface area contributed by atoms with Crippen molar-refractivity contribution < 1.29 is 28.6 Å². The number of ketones is 2. The van der Waals surface area contributed by atoms with E-state index >= 15 is 0 Å². The van der Waals surface area contributed by atoms with Gasteiger partial charge in [-0.3, -0.25) is 14.4 Å². The fourth-order valence-electron chi connectivity index (χ4n) is 7.29. The van der Waals surface area contributed by atoms with Gasteiger partial charge in [0.2, 0.25) is 5.78 Å². The quantitative estimate of drug-likeness (QED) is 0.519. The van der Waals surface area contributed by atoms with Crippen molar-refractivity contribution in [2.24, 2.45) is 28.6 Å². The first-order valence-corrected chi connectivity index (χ1v) is 11.5. The van der Waals surface area contributed by atoms with Crippen molar-refractivity contribution in [1.29, 1.82) is 0 Å². The molecule has 0 aromatic rings. The molecule has 31 heavy (non-hydrogen) atoms. The summed E-state index contributed by atoms with van der Waals surface area (Å²) in [6.45, 7) is 4.29. The Morgan fingerprint density at radius 1 is 1.35 bits per heavy atom. The largest absolute Gasteiger partial charge is 0.450 e. The number of Topliss-reactive ketones (excluding diaryl/α,β-unsaturated/α-hetero) is 1. The summed E-state index contributed by atoms with van der Waals surface area (Å²) >= 11 is 6.90. The number of halogens is 2. The lowest BCUT2D eigenvalue weighted by Gasteiger charge is -2.61. The van der Waals surface area contributed by atoms with Crippen molar-refractivity contribution in [1.82, 2.24) is 0 Å². The Bertz CT molecular complexity index is 883. The maximum absolute atomic E-state index is 13.7. The predicted molar refractivity (Wildman–Crippen MR) is 113 cm³/mol. The molecule has 0 aromatic heterocycles. The lowest BCUT2D eigenvalue weighted by Crippen LogP contribution is -2.64. The summed E-state index contributed by atoms with van der Waals surface area (Å²) in [6, 6.07) is 0. The van der Waals surface area contributed by atoms with Crippen LogP contribution < -0.4 is 0 Å². The zero-order chi connectivity index (χ0) is 22.8. The molecule has 0 heterocycles. The van der Waals surface area contributed by atoms with Gasteiger partial charge in [-0.2, -0.15) is 0 Å². The molecule has 0 aromatic carbocycles. The standard InChI is InChI=1S/C24H30ClFO5/c1-4-19(30)31-24(18(29)12-26)8-6-15-20-16(25)10-13-9-14(27)5-7-22(13,2)21(20)17(28)11-23(15,24)3/h5,7,9,15-17,20-21,28H,4,6,8,10-12H2,1-3H3/t15-,16?,17?,20+,21-,22-,23-,24-/m0/s1. The molecule has 0 bridgehead atoms. The van der Waals surface area contributed by atoms with Gasteiger partial charge in [-0.05, 0) is 49.7 Å². The Balaban J connectivity index is 1.80. The second-order valence-corrected chi connectivity index (χ2v) is 10.6. The molecule has 5 nitrogen and oxygen atoms in total. The van der Waals surface area contributed by atoms with Crippen molar-refractivity contribution in [3.63, 3.8) is 0 Å². The van der Waals surface area contributed by atoms with Gasteiger partial charge in [0, 0.05) is 28.5 Å². The lowest BCUT2D eigenvalue weighted by atomic mass is 9.46. The normalized spacial score (nSPS) is 45.9. The van der Waals surface area contributed by atoms with Crippen LogP contribution in [0.1, 0.15) is 52.9 Å². The fraction of sp³-hybridized carbons (Fsp3) is 0.708. The number of esters is 1. The summed E-state index contributed by atoms with van der Waals surface area (Å²) in [4.78, 5) is 37.1. The Hall–Kier alpha value is -1.53. The lowest BCUT2D eigenvalue weighted by molar-refractivity contribution is -0.198. The van der Waals surface area contributed by atoms with Crippen LogP contribution in [0.25, 0.3) is 0 Å². The Labute approximate surface area is 187 Å². The number of carbonyl (C=O) groups excluding carboxylic acids is 3. The Morgan fingerprint density at radius 2 is 2.06 bits per heavy atom. The third kappa shape index (κ3) is 3.01. The summed E-state index contributed by atoms with van der Waals surface area (Å²) in [5, 5.41) is 11.1. The maximum Gasteiger partial charge on any atom is 0.306 e. The number of allylic oxidation sites excluding steroid dienone is 4. The molecule has 1 N–H and O–H groups in total. The zero-order valence-electron chi connectivity index (χ0n) is 18.2. The van der Waals surface area contributed by atoms with Crippen LogP contribution in [0, 0.1) is 28.6 Å². The highest BCUT2D eigenvalue weighted by Gasteiger charge is 2.71. The van der Waals surface area contributed by atoms with Crippen molar-refractivity contribution in [2.45, 2.75) is 70.0 Å². The second kappa shape index (κ2) is 7.51. The molecule has 0 radical (unpaired) electrons. The highest BCUT2D eigenvalue weighted by atomic mass is 35.5. The van der Waals surface area contributed by atoms with E-state index in [0.29, 0.717) is 12.8 Å². The van der Waals surface area contributed by atoms with Crippen LogP contribution in [0.5, 0.6) is 0 Å². The van der Waals surface area contributed by atoms with Gasteiger partial charge in [-0.1, -0.05) is 32.4 Å². The van der Waals surface area contributed by atoms with Gasteiger partial charge >= 0.3 is 5.97 Å². The van der Waals surface area contributed by atoms with Gasteiger partial charge in [-0.25, -0.2) is 4.39 Å². The highest BCUT2D eigenvalue weighted by molar-refractivity contribution is 6.21. The molecule has 3 saturated carbocycles. The number of hydrogen-bond acceptors (Lipinski definition) is 5. The molecule has 3 fully saturated rings. The van der Waals surface area contributed by atoms with Gasteiger partial charge in [0.25, 0.3) is 0 Å². The summed E-state index contributed by atoms with van der Waals surface area (Å²) in [6.07, 6.45) is 5.80. The number of fused-ring (bicyclic) bond motifs is 5. The van der Waals surface area contributed by atoms with Crippen LogP contribution in [0.3, 0.4) is 0 Å². The Kier molecular flexibility index (Phi) is 5.49. The van der Waals surface area contributed by atoms with Crippen LogP contribution in [-0.4, -0.2) is 46.4 Å². The van der Waals surface area contributed by atoms with Gasteiger partial charge < -0.3 is 9.84 Å². The number of ether oxygens (including phenoxy) is 1. The van der Waals surface area contributed by atoms with E-state index in [1.165, 1.54) is 0 Å². The number of rotatable bonds is 4. The smallest absolute Gasteiger partial charge is 0.306 e. The fourth-order valence-corrected chi connectivity index (χ4v) is 7.78. The number of carbonyl (C=O) groups is 3. The minimum atomic E-state index is -1.59. The summed E-state index contributed by atoms with van der Waals surface area (Å²) in [7, 11) is 0. The minimum Gasteiger partial charge on any atom is -0.450 e. The van der Waals surface area contributed by atoms with E-state index in [1.807, 2.05) is 19.9 Å². The zero-order valence-corrected chi connectivity index (χ0v) is 19.0. The van der Waals surface area contributed by atoms with Crippen LogP contribution in [-0.2, 0) is 19.1 Å². The van der Waals surface area contributed by atoms with Crippen LogP contribution in [0.15, 0.2) is 23.8 Å². The number of aliphatic hydroxyl groups excluding tert-OH is 1. The molecule has 0 spiro atoms. The molecular formula is C24H30ClFO5. The first-order chi connectivity index (χ1) is 14.5. The number of alkyl halides is 2. The first kappa shape index (κ1) is 22.7. The van der Waals surface area contributed by atoms with E-state index in [0.717, 1.165) is 5.57 Å². The van der Waals surface area contributed by atoms with Crippen molar-refractivity contribution in [2.75, 3.05) is 6.67 Å². The Morgan fingerprint density at radius 3 is 2.71 bits per heavy atom. The SMILES string of the molecule is CCC(=O)O[C@]1(C(=O)CF)CC[C@H]2[C@@H]3C(Cl)CC4=CC(=O)C=C[C@]4(C)[C@H]3C(O)C[C@@]21C. The monoisotopic (exact) mass is 452 g/mol. The second-order valence-electron chi connectivity index (χ2n) is 10.1. The molecule has 4 aliphatic rings. The van der Waals surface area contributed by atoms with Gasteiger partial charge in [0.1, 0.15) is 0 Å². The molecule has 0 amide bonds. The maximum atomic E-state index is 13.7. The highest BCUT2D eigenvalue weighted by Crippen LogP contribution is 2.68. The first-order valence-electron chi connectivity index (χ1n) is 11.1. The molecule has 4 rings (SSSR count). The minimum absolute atomic E-state index is 0.0789. The number of hydrogen-bond donors (Lipinski definition) is 1. The molecule has 2 unspecified atom stereocenters. The molecular weight excluding hydrogens is 423 g/mol. The van der Waals surface area contributed by atoms with Crippen LogP contribution >= 0.6 is 11.6 Å². The van der Waals surface area contributed by atoms with Crippen molar-refractivity contribution in [3.8, 4) is 0 Å². The van der Waals surface area contributed by atoms with Gasteiger partial charge in [-0.15, -0.1) is 11.6 Å². The van der Waals surface area contributed by atoms with Gasteiger partial charge in [0.15, 0.2) is 18.1 Å². The average molecular weight is 453 g/mol. The summed E-state index contributed by atoms with van der Waals surface area (Å²) < 4.78 is 19.4. The van der Waals surface area contributed by atoms with E-state index in [2.05, 4.69) is 0 Å². The van der Waals surface area contributed by atoms with Crippen LogP contribution in [0.2, 0.25) is 0 Å². The third-order valence-electron chi connectivity index (χ3n) is 8.75. The van der Waals surface area contributed by atoms with E-state index in [-0.39, 0.29) is 48.2 Å². The van der Waals surface area contributed by atoms with E-state index < -0.39 is 41.0 Å². The average Bonchev–Trinajstić information content (AvgIpc) is 3.00. The third-order valence-corrected chi connectivity index (χ3v) is 9.20.